The second-order valence-electron chi connectivity index (χ2n) is 8.83. The van der Waals surface area contributed by atoms with Crippen LogP contribution in [-0.2, 0) is 14.8 Å². The molecule has 35 heavy (non-hydrogen) atoms. The molecule has 1 N–H and O–H groups in total. The number of ether oxygens (including phenoxy) is 1. The standard InChI is InChI=1S/C27H31ClN2O4S/c1-19(2)16-26(21-10-12-24(34-4)13-11-21)29-27(31)18-30(23-7-5-6-22(28)17-23)35(32,33)25-14-8-20(3)9-15-25/h5-15,17,19,26H,16,18H2,1-4H3,(H,29,31)/t26-/m0/s1. The van der Waals surface area contributed by atoms with Crippen LogP contribution in [0.3, 0.4) is 0 Å². The molecule has 0 fully saturated rings. The number of carbonyl (C=O) groups is 1. The van der Waals surface area contributed by atoms with Gasteiger partial charge in [-0.1, -0.05) is 61.3 Å². The van der Waals surface area contributed by atoms with Crippen LogP contribution in [0.1, 0.15) is 37.4 Å². The summed E-state index contributed by atoms with van der Waals surface area (Å²) in [6.07, 6.45) is 0.694. The molecule has 1 amide bonds. The Bertz CT molecular complexity index is 1240. The predicted octanol–water partition coefficient (Wildman–Crippen LogP) is 5.76. The Kier molecular flexibility index (Phi) is 8.81. The average Bonchev–Trinajstić information content (AvgIpc) is 2.82. The average molecular weight is 515 g/mol. The van der Waals surface area contributed by atoms with E-state index in [1.54, 1.807) is 49.6 Å². The van der Waals surface area contributed by atoms with Crippen LogP contribution in [0.25, 0.3) is 0 Å². The molecule has 0 bridgehead atoms. The number of amides is 1. The smallest absolute Gasteiger partial charge is 0.264 e. The van der Waals surface area contributed by atoms with Gasteiger partial charge in [-0.05, 0) is 67.3 Å². The van der Waals surface area contributed by atoms with Crippen LogP contribution in [-0.4, -0.2) is 28.0 Å². The first-order valence-electron chi connectivity index (χ1n) is 11.4. The van der Waals surface area contributed by atoms with Gasteiger partial charge in [0.25, 0.3) is 10.0 Å². The molecule has 0 heterocycles. The van der Waals surface area contributed by atoms with E-state index in [-0.39, 0.29) is 17.5 Å². The van der Waals surface area contributed by atoms with Crippen LogP contribution in [0.2, 0.25) is 5.02 Å². The Morgan fingerprint density at radius 3 is 2.26 bits per heavy atom. The highest BCUT2D eigenvalue weighted by Crippen LogP contribution is 2.27. The van der Waals surface area contributed by atoms with Crippen molar-refractivity contribution < 1.29 is 17.9 Å². The van der Waals surface area contributed by atoms with Crippen molar-refractivity contribution in [1.29, 1.82) is 0 Å². The van der Waals surface area contributed by atoms with Crippen LogP contribution in [0.5, 0.6) is 5.75 Å². The van der Waals surface area contributed by atoms with Crippen molar-refractivity contribution in [3.63, 3.8) is 0 Å². The number of hydrogen-bond donors (Lipinski definition) is 1. The quantitative estimate of drug-likeness (QED) is 0.373. The predicted molar refractivity (Wildman–Crippen MR) is 140 cm³/mol. The summed E-state index contributed by atoms with van der Waals surface area (Å²) in [5.74, 6) is 0.615. The third kappa shape index (κ3) is 6.99. The van der Waals surface area contributed by atoms with E-state index in [9.17, 15) is 13.2 Å². The summed E-state index contributed by atoms with van der Waals surface area (Å²) in [6, 6.07) is 20.2. The Balaban J connectivity index is 1.92. The number of sulfonamides is 1. The van der Waals surface area contributed by atoms with E-state index in [2.05, 4.69) is 19.2 Å². The van der Waals surface area contributed by atoms with Crippen molar-refractivity contribution in [2.45, 2.75) is 38.1 Å². The highest BCUT2D eigenvalue weighted by molar-refractivity contribution is 7.92. The van der Waals surface area contributed by atoms with E-state index >= 15 is 0 Å². The lowest BCUT2D eigenvalue weighted by molar-refractivity contribution is -0.120. The highest BCUT2D eigenvalue weighted by atomic mass is 35.5. The molecular weight excluding hydrogens is 484 g/mol. The number of rotatable bonds is 10. The molecule has 0 aliphatic heterocycles. The molecule has 8 heteroatoms. The minimum absolute atomic E-state index is 0.102. The Hall–Kier alpha value is -3.03. The van der Waals surface area contributed by atoms with Gasteiger partial charge in [0.2, 0.25) is 5.91 Å². The molecule has 0 saturated heterocycles. The fourth-order valence-corrected chi connectivity index (χ4v) is 5.34. The Morgan fingerprint density at radius 2 is 1.69 bits per heavy atom. The van der Waals surface area contributed by atoms with E-state index in [0.29, 0.717) is 23.0 Å². The van der Waals surface area contributed by atoms with E-state index in [1.807, 2.05) is 31.2 Å². The molecule has 0 spiro atoms. The van der Waals surface area contributed by atoms with Crippen molar-refractivity contribution >= 4 is 33.2 Å². The van der Waals surface area contributed by atoms with Crippen molar-refractivity contribution in [2.75, 3.05) is 18.0 Å². The van der Waals surface area contributed by atoms with Gasteiger partial charge in [0.05, 0.1) is 23.7 Å². The van der Waals surface area contributed by atoms with Crippen LogP contribution < -0.4 is 14.4 Å². The van der Waals surface area contributed by atoms with E-state index in [1.165, 1.54) is 6.07 Å². The molecule has 6 nitrogen and oxygen atoms in total. The van der Waals surface area contributed by atoms with E-state index in [4.69, 9.17) is 16.3 Å². The molecule has 0 aliphatic carbocycles. The van der Waals surface area contributed by atoms with E-state index in [0.717, 1.165) is 21.2 Å². The first-order chi connectivity index (χ1) is 16.6. The first kappa shape index (κ1) is 26.6. The minimum atomic E-state index is -4.02. The number of halogens is 1. The van der Waals surface area contributed by atoms with Crippen LogP contribution in [0, 0.1) is 12.8 Å². The molecule has 3 aromatic rings. The lowest BCUT2D eigenvalue weighted by atomic mass is 9.97. The largest absolute Gasteiger partial charge is 0.497 e. The number of aryl methyl sites for hydroxylation is 1. The van der Waals surface area contributed by atoms with Gasteiger partial charge in [0.1, 0.15) is 12.3 Å². The second kappa shape index (κ2) is 11.6. The Morgan fingerprint density at radius 1 is 1.03 bits per heavy atom. The molecule has 0 aromatic heterocycles. The maximum atomic E-state index is 13.6. The second-order valence-corrected chi connectivity index (χ2v) is 11.1. The van der Waals surface area contributed by atoms with E-state index < -0.39 is 15.9 Å². The van der Waals surface area contributed by atoms with Crippen molar-refractivity contribution in [3.8, 4) is 5.75 Å². The summed E-state index contributed by atoms with van der Waals surface area (Å²) in [4.78, 5) is 13.4. The number of benzene rings is 3. The molecule has 0 radical (unpaired) electrons. The summed E-state index contributed by atoms with van der Waals surface area (Å²) >= 11 is 6.16. The summed E-state index contributed by atoms with van der Waals surface area (Å²) in [7, 11) is -2.42. The molecule has 186 valence electrons. The van der Waals surface area contributed by atoms with Gasteiger partial charge in [-0.25, -0.2) is 8.42 Å². The fraction of sp³-hybridized carbons (Fsp3) is 0.296. The molecule has 0 saturated carbocycles. The fourth-order valence-electron chi connectivity index (χ4n) is 3.74. The molecule has 1 atom stereocenters. The molecule has 3 aromatic carbocycles. The SMILES string of the molecule is COc1ccc([C@H](CC(C)C)NC(=O)CN(c2cccc(Cl)c2)S(=O)(=O)c2ccc(C)cc2)cc1. The van der Waals surface area contributed by atoms with Crippen LogP contribution in [0.4, 0.5) is 5.69 Å². The minimum Gasteiger partial charge on any atom is -0.497 e. The van der Waals surface area contributed by atoms with Gasteiger partial charge in [0, 0.05) is 5.02 Å². The van der Waals surface area contributed by atoms with Gasteiger partial charge in [-0.2, -0.15) is 0 Å². The Labute approximate surface area is 212 Å². The third-order valence-corrected chi connectivity index (χ3v) is 7.58. The van der Waals surface area contributed by atoms with Crippen LogP contribution in [0.15, 0.2) is 77.7 Å². The van der Waals surface area contributed by atoms with Crippen molar-refractivity contribution in [1.82, 2.24) is 5.32 Å². The van der Waals surface area contributed by atoms with Gasteiger partial charge in [-0.15, -0.1) is 0 Å². The molecule has 0 aliphatic rings. The summed E-state index contributed by atoms with van der Waals surface area (Å²) in [6.45, 7) is 5.64. The van der Waals surface area contributed by atoms with Crippen LogP contribution >= 0.6 is 11.6 Å². The monoisotopic (exact) mass is 514 g/mol. The number of hydrogen-bond acceptors (Lipinski definition) is 4. The van der Waals surface area contributed by atoms with Gasteiger partial charge in [-0.3, -0.25) is 9.10 Å². The topological polar surface area (TPSA) is 75.7 Å². The zero-order valence-electron chi connectivity index (χ0n) is 20.4. The molecular formula is C27H31ClN2O4S. The van der Waals surface area contributed by atoms with Crippen molar-refractivity contribution in [2.24, 2.45) is 5.92 Å². The first-order valence-corrected chi connectivity index (χ1v) is 13.2. The summed E-state index contributed by atoms with van der Waals surface area (Å²) < 4.78 is 33.5. The summed E-state index contributed by atoms with van der Waals surface area (Å²) in [5, 5.41) is 3.41. The van der Waals surface area contributed by atoms with Crippen molar-refractivity contribution in [3.05, 3.63) is 88.9 Å². The lowest BCUT2D eigenvalue weighted by Crippen LogP contribution is -2.42. The maximum Gasteiger partial charge on any atom is 0.264 e. The molecule has 0 unspecified atom stereocenters. The normalized spacial score (nSPS) is 12.3. The molecule has 3 rings (SSSR count). The van der Waals surface area contributed by atoms with Gasteiger partial charge < -0.3 is 10.1 Å². The third-order valence-electron chi connectivity index (χ3n) is 5.55. The number of carbonyl (C=O) groups excluding carboxylic acids is 1. The zero-order valence-corrected chi connectivity index (χ0v) is 21.9. The number of methoxy groups -OCH3 is 1. The van der Waals surface area contributed by atoms with Gasteiger partial charge in [0.15, 0.2) is 0 Å². The zero-order chi connectivity index (χ0) is 25.6. The number of nitrogens with zero attached hydrogens (tertiary/aromatic N) is 1. The number of anilines is 1. The highest BCUT2D eigenvalue weighted by Gasteiger charge is 2.28. The number of nitrogens with one attached hydrogen (secondary N) is 1. The summed E-state index contributed by atoms with van der Waals surface area (Å²) in [5.41, 5.74) is 2.17. The van der Waals surface area contributed by atoms with Gasteiger partial charge >= 0.3 is 0 Å². The lowest BCUT2D eigenvalue weighted by Gasteiger charge is -2.27. The maximum absolute atomic E-state index is 13.6.